The molecular weight excluding hydrogens is 275 g/mol. The van der Waals surface area contributed by atoms with Gasteiger partial charge in [0.05, 0.1) is 0 Å². The van der Waals surface area contributed by atoms with E-state index < -0.39 is 0 Å². The molecule has 0 amide bonds. The van der Waals surface area contributed by atoms with Gasteiger partial charge in [-0.15, -0.1) is 0 Å². The van der Waals surface area contributed by atoms with Gasteiger partial charge in [0.2, 0.25) is 0 Å². The van der Waals surface area contributed by atoms with Crippen molar-refractivity contribution < 1.29 is 4.74 Å². The van der Waals surface area contributed by atoms with Crippen LogP contribution >= 0.6 is 9.24 Å². The molecule has 0 radical (unpaired) electrons. The first-order valence-corrected chi connectivity index (χ1v) is 8.83. The van der Waals surface area contributed by atoms with E-state index in [1.807, 2.05) is 0 Å². The summed E-state index contributed by atoms with van der Waals surface area (Å²) in [5, 5.41) is -0.137. The average molecular weight is 308 g/mol. The normalized spacial score (nSPS) is 15.1. The number of ether oxygens (including phenoxy) is 1. The Morgan fingerprint density at radius 3 is 2.19 bits per heavy atom. The standard InChI is InChI=1S/C19H33OP/c1-8-12-19(21,9-2)20-17-11-10-15(18(5,6)7)13-16(17)14(3)4/h10-11,13-14H,8-9,12,21H2,1-7H3. The van der Waals surface area contributed by atoms with E-state index in [-0.39, 0.29) is 10.8 Å². The second-order valence-electron chi connectivity index (χ2n) is 7.43. The van der Waals surface area contributed by atoms with Crippen LogP contribution in [0.1, 0.15) is 84.8 Å². The molecule has 0 heterocycles. The summed E-state index contributed by atoms with van der Waals surface area (Å²) in [6.07, 6.45) is 3.20. The van der Waals surface area contributed by atoms with E-state index in [2.05, 4.69) is 75.9 Å². The highest BCUT2D eigenvalue weighted by molar-refractivity contribution is 7.18. The summed E-state index contributed by atoms with van der Waals surface area (Å²) in [7, 11) is 2.93. The molecule has 0 spiro atoms. The van der Waals surface area contributed by atoms with Gasteiger partial charge in [0.25, 0.3) is 0 Å². The number of hydrogen-bond donors (Lipinski definition) is 0. The average Bonchev–Trinajstić information content (AvgIpc) is 2.37. The van der Waals surface area contributed by atoms with E-state index in [4.69, 9.17) is 4.74 Å². The zero-order chi connectivity index (χ0) is 16.3. The zero-order valence-electron chi connectivity index (χ0n) is 14.9. The first-order valence-electron chi connectivity index (χ1n) is 8.25. The summed E-state index contributed by atoms with van der Waals surface area (Å²) < 4.78 is 6.41. The quantitative estimate of drug-likeness (QED) is 0.563. The SMILES string of the molecule is CCCC(P)(CC)Oc1ccc(C(C)(C)C)cc1C(C)C. The van der Waals surface area contributed by atoms with Crippen molar-refractivity contribution in [2.45, 2.75) is 84.4 Å². The Morgan fingerprint density at radius 1 is 1.14 bits per heavy atom. The Hall–Kier alpha value is -0.550. The maximum absolute atomic E-state index is 6.41. The summed E-state index contributed by atoms with van der Waals surface area (Å²) in [5.41, 5.74) is 2.87. The lowest BCUT2D eigenvalue weighted by Crippen LogP contribution is -2.28. The Balaban J connectivity index is 3.18. The van der Waals surface area contributed by atoms with E-state index in [1.54, 1.807) is 0 Å². The highest BCUT2D eigenvalue weighted by Crippen LogP contribution is 2.38. The molecule has 1 rings (SSSR count). The van der Waals surface area contributed by atoms with Crippen LogP contribution < -0.4 is 4.74 Å². The van der Waals surface area contributed by atoms with Gasteiger partial charge < -0.3 is 4.74 Å². The summed E-state index contributed by atoms with van der Waals surface area (Å²) in [6.45, 7) is 15.7. The molecule has 0 fully saturated rings. The number of hydrogen-bond acceptors (Lipinski definition) is 1. The van der Waals surface area contributed by atoms with Crippen molar-refractivity contribution in [3.8, 4) is 5.75 Å². The minimum atomic E-state index is -0.137. The molecule has 2 unspecified atom stereocenters. The largest absolute Gasteiger partial charge is 0.483 e. The van der Waals surface area contributed by atoms with Crippen molar-refractivity contribution in [1.82, 2.24) is 0 Å². The van der Waals surface area contributed by atoms with Gasteiger partial charge in [0, 0.05) is 0 Å². The van der Waals surface area contributed by atoms with Crippen LogP contribution in [0.15, 0.2) is 18.2 Å². The molecule has 0 aliphatic carbocycles. The molecule has 120 valence electrons. The van der Waals surface area contributed by atoms with Crippen molar-refractivity contribution in [3.05, 3.63) is 29.3 Å². The maximum atomic E-state index is 6.41. The van der Waals surface area contributed by atoms with Gasteiger partial charge in [-0.25, -0.2) is 0 Å². The predicted octanol–water partition coefficient (Wildman–Crippen LogP) is 6.27. The maximum Gasteiger partial charge on any atom is 0.124 e. The van der Waals surface area contributed by atoms with Crippen LogP contribution in [0.2, 0.25) is 0 Å². The molecule has 0 aromatic heterocycles. The second kappa shape index (κ2) is 7.14. The number of rotatable bonds is 6. The molecule has 0 saturated heterocycles. The van der Waals surface area contributed by atoms with Crippen molar-refractivity contribution in [2.24, 2.45) is 0 Å². The molecule has 2 heteroatoms. The molecule has 1 nitrogen and oxygen atoms in total. The van der Waals surface area contributed by atoms with Crippen LogP contribution in [0.4, 0.5) is 0 Å². The highest BCUT2D eigenvalue weighted by atomic mass is 31.0. The highest BCUT2D eigenvalue weighted by Gasteiger charge is 2.25. The van der Waals surface area contributed by atoms with E-state index in [9.17, 15) is 0 Å². The third-order valence-electron chi connectivity index (χ3n) is 4.08. The van der Waals surface area contributed by atoms with Crippen LogP contribution in [0.5, 0.6) is 5.75 Å². The first kappa shape index (κ1) is 18.5. The summed E-state index contributed by atoms with van der Waals surface area (Å²) in [5.74, 6) is 1.51. The molecule has 0 bridgehead atoms. The molecule has 0 N–H and O–H groups in total. The van der Waals surface area contributed by atoms with Crippen LogP contribution in [-0.4, -0.2) is 5.34 Å². The second-order valence-corrected chi connectivity index (χ2v) is 8.48. The van der Waals surface area contributed by atoms with E-state index in [0.717, 1.165) is 25.0 Å². The third-order valence-corrected chi connectivity index (χ3v) is 4.90. The predicted molar refractivity (Wildman–Crippen MR) is 97.5 cm³/mol. The van der Waals surface area contributed by atoms with Gasteiger partial charge in [-0.1, -0.05) is 76.3 Å². The van der Waals surface area contributed by atoms with E-state index in [1.165, 1.54) is 11.1 Å². The fourth-order valence-corrected chi connectivity index (χ4v) is 2.92. The molecule has 2 atom stereocenters. The molecule has 0 aliphatic heterocycles. The zero-order valence-corrected chi connectivity index (χ0v) is 16.1. The van der Waals surface area contributed by atoms with Crippen molar-refractivity contribution >= 4 is 9.24 Å². The monoisotopic (exact) mass is 308 g/mol. The molecular formula is C19H33OP. The molecule has 1 aromatic carbocycles. The third kappa shape index (κ3) is 4.99. The molecule has 0 saturated carbocycles. The summed E-state index contributed by atoms with van der Waals surface area (Å²) >= 11 is 0. The Bertz CT molecular complexity index is 459. The van der Waals surface area contributed by atoms with Crippen LogP contribution in [0, 0.1) is 0 Å². The fourth-order valence-electron chi connectivity index (χ4n) is 2.50. The van der Waals surface area contributed by atoms with Gasteiger partial charge in [0.1, 0.15) is 11.1 Å². The van der Waals surface area contributed by atoms with Crippen LogP contribution in [0.3, 0.4) is 0 Å². The Morgan fingerprint density at radius 2 is 1.76 bits per heavy atom. The smallest absolute Gasteiger partial charge is 0.124 e. The van der Waals surface area contributed by atoms with Gasteiger partial charge in [-0.2, -0.15) is 0 Å². The summed E-state index contributed by atoms with van der Waals surface area (Å²) in [6, 6.07) is 6.71. The Kier molecular flexibility index (Phi) is 6.29. The lowest BCUT2D eigenvalue weighted by atomic mass is 9.84. The molecule has 0 aliphatic rings. The topological polar surface area (TPSA) is 9.23 Å². The molecule has 1 aromatic rings. The fraction of sp³-hybridized carbons (Fsp3) is 0.684. The van der Waals surface area contributed by atoms with Gasteiger partial charge in [-0.3, -0.25) is 0 Å². The number of benzene rings is 1. The van der Waals surface area contributed by atoms with Gasteiger partial charge in [0.15, 0.2) is 0 Å². The lowest BCUT2D eigenvalue weighted by Gasteiger charge is -2.31. The van der Waals surface area contributed by atoms with Crippen molar-refractivity contribution in [1.29, 1.82) is 0 Å². The van der Waals surface area contributed by atoms with Gasteiger partial charge >= 0.3 is 0 Å². The van der Waals surface area contributed by atoms with Crippen molar-refractivity contribution in [3.63, 3.8) is 0 Å². The minimum absolute atomic E-state index is 0.137. The van der Waals surface area contributed by atoms with Crippen LogP contribution in [0.25, 0.3) is 0 Å². The van der Waals surface area contributed by atoms with Gasteiger partial charge in [-0.05, 0) is 41.4 Å². The van der Waals surface area contributed by atoms with E-state index in [0.29, 0.717) is 5.92 Å². The Labute approximate surface area is 134 Å². The lowest BCUT2D eigenvalue weighted by molar-refractivity contribution is 0.146. The summed E-state index contributed by atoms with van der Waals surface area (Å²) in [4.78, 5) is 0. The van der Waals surface area contributed by atoms with E-state index >= 15 is 0 Å². The van der Waals surface area contributed by atoms with Crippen LogP contribution in [-0.2, 0) is 5.41 Å². The van der Waals surface area contributed by atoms with Crippen molar-refractivity contribution in [2.75, 3.05) is 0 Å². The minimum Gasteiger partial charge on any atom is -0.483 e. The first-order chi connectivity index (χ1) is 9.63. The molecule has 21 heavy (non-hydrogen) atoms.